The van der Waals surface area contributed by atoms with Crippen LogP contribution in [0.15, 0.2) is 4.99 Å². The minimum absolute atomic E-state index is 0.622. The van der Waals surface area contributed by atoms with E-state index in [0.29, 0.717) is 5.41 Å². The van der Waals surface area contributed by atoms with Crippen molar-refractivity contribution < 1.29 is 0 Å². The smallest absolute Gasteiger partial charge is 0.156 e. The molecule has 0 aromatic heterocycles. The second-order valence-corrected chi connectivity index (χ2v) is 5.81. The Morgan fingerprint density at radius 3 is 2.86 bits per heavy atom. The Bertz CT molecular complexity index is 219. The van der Waals surface area contributed by atoms with Gasteiger partial charge in [0.2, 0.25) is 0 Å². The summed E-state index contributed by atoms with van der Waals surface area (Å²) in [5, 5.41) is 4.62. The molecule has 0 saturated heterocycles. The zero-order chi connectivity index (χ0) is 9.86. The number of amidine groups is 1. The van der Waals surface area contributed by atoms with Gasteiger partial charge in [-0.05, 0) is 24.7 Å². The van der Waals surface area contributed by atoms with Gasteiger partial charge in [0.05, 0.1) is 6.54 Å². The van der Waals surface area contributed by atoms with Crippen LogP contribution in [0.25, 0.3) is 0 Å². The number of hydrogen-bond acceptors (Lipinski definition) is 3. The Morgan fingerprint density at radius 2 is 2.21 bits per heavy atom. The Kier molecular flexibility index (Phi) is 3.37. The van der Waals surface area contributed by atoms with Crippen molar-refractivity contribution in [3.63, 3.8) is 0 Å². The summed E-state index contributed by atoms with van der Waals surface area (Å²) >= 11 is 1.86. The molecule has 3 heteroatoms. The fourth-order valence-electron chi connectivity index (χ4n) is 2.39. The quantitative estimate of drug-likeness (QED) is 0.778. The maximum absolute atomic E-state index is 4.39. The first-order chi connectivity index (χ1) is 6.79. The van der Waals surface area contributed by atoms with Gasteiger partial charge >= 0.3 is 0 Å². The van der Waals surface area contributed by atoms with Crippen molar-refractivity contribution in [2.24, 2.45) is 10.4 Å². The fraction of sp³-hybridized carbons (Fsp3) is 0.909. The third-order valence-corrected chi connectivity index (χ3v) is 4.33. The first-order valence-electron chi connectivity index (χ1n) is 5.70. The lowest BCUT2D eigenvalue weighted by atomic mass is 9.85. The van der Waals surface area contributed by atoms with Gasteiger partial charge in [-0.2, -0.15) is 0 Å². The standard InChI is InChI=1S/C11H20N2S/c1-11(4-2-3-5-11)6-7-12-10-13-8-9-14-10/h2-9H2,1H3,(H,12,13). The highest BCUT2D eigenvalue weighted by Crippen LogP contribution is 2.40. The normalized spacial score (nSPS) is 25.1. The molecule has 2 nitrogen and oxygen atoms in total. The lowest BCUT2D eigenvalue weighted by molar-refractivity contribution is 0.309. The molecule has 0 aromatic rings. The van der Waals surface area contributed by atoms with E-state index < -0.39 is 0 Å². The molecular formula is C11H20N2S. The van der Waals surface area contributed by atoms with E-state index in [1.807, 2.05) is 11.8 Å². The molecule has 1 aliphatic carbocycles. The van der Waals surface area contributed by atoms with Gasteiger partial charge < -0.3 is 5.32 Å². The van der Waals surface area contributed by atoms with Crippen LogP contribution >= 0.6 is 11.8 Å². The maximum Gasteiger partial charge on any atom is 0.156 e. The van der Waals surface area contributed by atoms with Crippen LogP contribution in [-0.2, 0) is 0 Å². The van der Waals surface area contributed by atoms with E-state index in [9.17, 15) is 0 Å². The molecule has 0 radical (unpaired) electrons. The van der Waals surface area contributed by atoms with Crippen LogP contribution in [0.1, 0.15) is 39.0 Å². The van der Waals surface area contributed by atoms with E-state index in [2.05, 4.69) is 17.2 Å². The Labute approximate surface area is 90.9 Å². The second kappa shape index (κ2) is 4.56. The van der Waals surface area contributed by atoms with Crippen molar-refractivity contribution >= 4 is 16.9 Å². The molecule has 80 valence electrons. The van der Waals surface area contributed by atoms with Crippen molar-refractivity contribution in [3.8, 4) is 0 Å². The number of nitrogens with one attached hydrogen (secondary N) is 1. The van der Waals surface area contributed by atoms with E-state index in [1.54, 1.807) is 0 Å². The van der Waals surface area contributed by atoms with Crippen molar-refractivity contribution in [1.82, 2.24) is 5.32 Å². The molecular weight excluding hydrogens is 192 g/mol. The van der Waals surface area contributed by atoms with E-state index in [4.69, 9.17) is 0 Å². The van der Waals surface area contributed by atoms with Gasteiger partial charge in [-0.3, -0.25) is 4.99 Å². The highest BCUT2D eigenvalue weighted by molar-refractivity contribution is 8.14. The Morgan fingerprint density at radius 1 is 1.43 bits per heavy atom. The van der Waals surface area contributed by atoms with Crippen molar-refractivity contribution in [1.29, 1.82) is 0 Å². The van der Waals surface area contributed by atoms with Crippen LogP contribution in [0.2, 0.25) is 0 Å². The van der Waals surface area contributed by atoms with Crippen LogP contribution in [0.3, 0.4) is 0 Å². The lowest BCUT2D eigenvalue weighted by Gasteiger charge is -2.23. The number of thioether (sulfide) groups is 1. The summed E-state index contributed by atoms with van der Waals surface area (Å²) in [7, 11) is 0. The van der Waals surface area contributed by atoms with Crippen LogP contribution in [0.5, 0.6) is 0 Å². The number of rotatable bonds is 3. The monoisotopic (exact) mass is 212 g/mol. The minimum Gasteiger partial charge on any atom is -0.365 e. The van der Waals surface area contributed by atoms with Gasteiger partial charge in [-0.25, -0.2) is 0 Å². The van der Waals surface area contributed by atoms with Crippen LogP contribution in [0.4, 0.5) is 0 Å². The number of hydrogen-bond donors (Lipinski definition) is 1. The molecule has 0 amide bonds. The van der Waals surface area contributed by atoms with Gasteiger partial charge in [-0.15, -0.1) is 0 Å². The SMILES string of the molecule is CC1(CCNC2=NCCS2)CCCC1. The van der Waals surface area contributed by atoms with E-state index in [1.165, 1.54) is 43.0 Å². The summed E-state index contributed by atoms with van der Waals surface area (Å²) in [5.41, 5.74) is 0.622. The van der Waals surface area contributed by atoms with Crippen LogP contribution < -0.4 is 5.32 Å². The molecule has 2 rings (SSSR count). The van der Waals surface area contributed by atoms with Crippen LogP contribution in [-0.4, -0.2) is 24.0 Å². The van der Waals surface area contributed by atoms with Crippen LogP contribution in [0, 0.1) is 5.41 Å². The number of nitrogens with zero attached hydrogens (tertiary/aromatic N) is 1. The molecule has 1 aliphatic heterocycles. The van der Waals surface area contributed by atoms with Crippen molar-refractivity contribution in [2.75, 3.05) is 18.8 Å². The molecule has 14 heavy (non-hydrogen) atoms. The molecule has 1 heterocycles. The predicted molar refractivity (Wildman–Crippen MR) is 64.0 cm³/mol. The van der Waals surface area contributed by atoms with Crippen molar-refractivity contribution in [3.05, 3.63) is 0 Å². The molecule has 2 aliphatic rings. The first kappa shape index (κ1) is 10.3. The minimum atomic E-state index is 0.622. The molecule has 0 aromatic carbocycles. The summed E-state index contributed by atoms with van der Waals surface area (Å²) < 4.78 is 0. The number of aliphatic imine (C=N–C) groups is 1. The molecule has 0 atom stereocenters. The molecule has 1 saturated carbocycles. The van der Waals surface area contributed by atoms with E-state index in [-0.39, 0.29) is 0 Å². The van der Waals surface area contributed by atoms with Gasteiger partial charge in [0.1, 0.15) is 0 Å². The molecule has 0 spiro atoms. The average molecular weight is 212 g/mol. The third kappa shape index (κ3) is 2.66. The second-order valence-electron chi connectivity index (χ2n) is 4.73. The van der Waals surface area contributed by atoms with Gasteiger partial charge in [0, 0.05) is 12.3 Å². The topological polar surface area (TPSA) is 24.4 Å². The zero-order valence-corrected chi connectivity index (χ0v) is 9.83. The summed E-state index contributed by atoms with van der Waals surface area (Å²) in [6.07, 6.45) is 7.04. The summed E-state index contributed by atoms with van der Waals surface area (Å²) in [6, 6.07) is 0. The molecule has 0 bridgehead atoms. The van der Waals surface area contributed by atoms with Gasteiger partial charge in [0.15, 0.2) is 5.17 Å². The summed E-state index contributed by atoms with van der Waals surface area (Å²) in [5.74, 6) is 1.17. The highest BCUT2D eigenvalue weighted by Gasteiger charge is 2.27. The molecule has 1 N–H and O–H groups in total. The average Bonchev–Trinajstić information content (AvgIpc) is 2.77. The summed E-state index contributed by atoms with van der Waals surface area (Å²) in [4.78, 5) is 4.39. The van der Waals surface area contributed by atoms with E-state index in [0.717, 1.165) is 13.1 Å². The molecule has 0 unspecified atom stereocenters. The Hall–Kier alpha value is -0.180. The van der Waals surface area contributed by atoms with E-state index >= 15 is 0 Å². The fourth-order valence-corrected chi connectivity index (χ4v) is 3.15. The van der Waals surface area contributed by atoms with Crippen molar-refractivity contribution in [2.45, 2.75) is 39.0 Å². The molecule has 1 fully saturated rings. The third-order valence-electron chi connectivity index (χ3n) is 3.40. The van der Waals surface area contributed by atoms with Gasteiger partial charge in [-0.1, -0.05) is 31.5 Å². The lowest BCUT2D eigenvalue weighted by Crippen LogP contribution is -2.25. The zero-order valence-electron chi connectivity index (χ0n) is 9.01. The maximum atomic E-state index is 4.39. The largest absolute Gasteiger partial charge is 0.365 e. The summed E-state index contributed by atoms with van der Waals surface area (Å²) in [6.45, 7) is 4.55. The first-order valence-corrected chi connectivity index (χ1v) is 6.68. The Balaban J connectivity index is 1.66. The van der Waals surface area contributed by atoms with Gasteiger partial charge in [0.25, 0.3) is 0 Å². The predicted octanol–water partition coefficient (Wildman–Crippen LogP) is 2.65. The highest BCUT2D eigenvalue weighted by atomic mass is 32.2.